The van der Waals surface area contributed by atoms with Crippen molar-refractivity contribution < 1.29 is 4.74 Å². The highest BCUT2D eigenvalue weighted by Crippen LogP contribution is 2.36. The van der Waals surface area contributed by atoms with Crippen LogP contribution in [0.3, 0.4) is 0 Å². The average Bonchev–Trinajstić information content (AvgIpc) is 2.54. The summed E-state index contributed by atoms with van der Waals surface area (Å²) in [6.45, 7) is 0. The molecule has 0 N–H and O–H groups in total. The van der Waals surface area contributed by atoms with Crippen LogP contribution in [0.2, 0.25) is 0 Å². The Balaban J connectivity index is 1.80. The zero-order valence-corrected chi connectivity index (χ0v) is 14.9. The Hall–Kier alpha value is -0.640. The summed E-state index contributed by atoms with van der Waals surface area (Å²) in [7, 11) is 0. The van der Waals surface area contributed by atoms with Gasteiger partial charge in [0.1, 0.15) is 0 Å². The molecule has 3 heteroatoms. The fraction of sp³-hybridized carbons (Fsp3) is 0.333. The molecule has 1 aliphatic rings. The van der Waals surface area contributed by atoms with Crippen molar-refractivity contribution in [3.63, 3.8) is 0 Å². The number of aryl methyl sites for hydroxylation is 1. The summed E-state index contributed by atoms with van der Waals surface area (Å²) in [6.07, 6.45) is 3.79. The fourth-order valence-corrected chi connectivity index (χ4v) is 3.72. The van der Waals surface area contributed by atoms with Crippen molar-refractivity contribution in [2.45, 2.75) is 31.5 Å². The summed E-state index contributed by atoms with van der Waals surface area (Å²) < 4.78 is 7.53. The average molecular weight is 410 g/mol. The molecule has 0 fully saturated rings. The molecule has 0 spiro atoms. The van der Waals surface area contributed by atoms with Gasteiger partial charge in [0.05, 0.1) is 12.2 Å². The van der Waals surface area contributed by atoms with Gasteiger partial charge in [0.25, 0.3) is 0 Å². The van der Waals surface area contributed by atoms with E-state index in [1.54, 1.807) is 0 Å². The third-order valence-corrected chi connectivity index (χ3v) is 5.14. The Morgan fingerprint density at radius 2 is 1.86 bits per heavy atom. The first-order chi connectivity index (χ1) is 10.3. The van der Waals surface area contributed by atoms with Crippen molar-refractivity contribution in [2.24, 2.45) is 0 Å². The Bertz CT molecular complexity index is 594. The van der Waals surface area contributed by atoms with E-state index in [0.717, 1.165) is 16.2 Å². The molecular weight excluding hydrogens is 392 g/mol. The van der Waals surface area contributed by atoms with E-state index in [4.69, 9.17) is 4.74 Å². The third kappa shape index (κ3) is 3.58. The zero-order valence-electron chi connectivity index (χ0n) is 11.8. The van der Waals surface area contributed by atoms with E-state index in [1.165, 1.54) is 29.5 Å². The number of halogens is 2. The summed E-state index contributed by atoms with van der Waals surface area (Å²) >= 11 is 7.09. The second kappa shape index (κ2) is 7.08. The van der Waals surface area contributed by atoms with Crippen LogP contribution in [-0.4, -0.2) is 5.33 Å². The quantitative estimate of drug-likeness (QED) is 0.564. The van der Waals surface area contributed by atoms with Crippen molar-refractivity contribution in [3.05, 3.63) is 69.7 Å². The third-order valence-electron chi connectivity index (χ3n) is 4.02. The van der Waals surface area contributed by atoms with Crippen LogP contribution >= 0.6 is 31.9 Å². The van der Waals surface area contributed by atoms with Crippen LogP contribution in [0.25, 0.3) is 0 Å². The molecule has 0 radical (unpaired) electrons. The molecule has 3 rings (SSSR count). The molecule has 0 aromatic heterocycles. The topological polar surface area (TPSA) is 9.23 Å². The minimum Gasteiger partial charge on any atom is -0.365 e. The van der Waals surface area contributed by atoms with Crippen LogP contribution in [0, 0.1) is 0 Å². The van der Waals surface area contributed by atoms with Gasteiger partial charge in [0.15, 0.2) is 0 Å². The Morgan fingerprint density at radius 3 is 2.62 bits per heavy atom. The monoisotopic (exact) mass is 408 g/mol. The van der Waals surface area contributed by atoms with Gasteiger partial charge in [-0.1, -0.05) is 68.3 Å². The van der Waals surface area contributed by atoms with Crippen LogP contribution < -0.4 is 0 Å². The van der Waals surface area contributed by atoms with Crippen molar-refractivity contribution in [1.29, 1.82) is 0 Å². The van der Waals surface area contributed by atoms with Crippen LogP contribution in [0.4, 0.5) is 0 Å². The molecule has 0 aliphatic heterocycles. The van der Waals surface area contributed by atoms with Crippen molar-refractivity contribution >= 4 is 31.9 Å². The molecule has 2 unspecified atom stereocenters. The second-order valence-electron chi connectivity index (χ2n) is 5.41. The first-order valence-corrected chi connectivity index (χ1v) is 9.24. The molecule has 1 aliphatic carbocycles. The van der Waals surface area contributed by atoms with E-state index in [2.05, 4.69) is 80.4 Å². The lowest BCUT2D eigenvalue weighted by Gasteiger charge is -2.29. The molecule has 0 heterocycles. The van der Waals surface area contributed by atoms with Crippen molar-refractivity contribution in [2.75, 3.05) is 5.33 Å². The number of alkyl halides is 1. The molecular formula is C18H18Br2O. The number of benzene rings is 2. The maximum absolute atomic E-state index is 6.43. The van der Waals surface area contributed by atoms with Crippen LogP contribution in [0.5, 0.6) is 0 Å². The van der Waals surface area contributed by atoms with Gasteiger partial charge in [0.2, 0.25) is 0 Å². The number of ether oxygens (including phenoxy) is 1. The predicted molar refractivity (Wildman–Crippen MR) is 93.9 cm³/mol. The van der Waals surface area contributed by atoms with Gasteiger partial charge in [-0.3, -0.25) is 0 Å². The van der Waals surface area contributed by atoms with Crippen LogP contribution in [-0.2, 0) is 11.2 Å². The molecule has 0 saturated carbocycles. The van der Waals surface area contributed by atoms with Crippen molar-refractivity contribution in [1.82, 2.24) is 0 Å². The lowest BCUT2D eigenvalue weighted by Crippen LogP contribution is -2.16. The maximum atomic E-state index is 6.43. The maximum Gasteiger partial charge on any atom is 0.0930 e. The van der Waals surface area contributed by atoms with Crippen LogP contribution in [0.15, 0.2) is 53.0 Å². The molecule has 0 saturated heterocycles. The number of fused-ring (bicyclic) bond motifs is 1. The second-order valence-corrected chi connectivity index (χ2v) is 6.97. The van der Waals surface area contributed by atoms with Gasteiger partial charge in [-0.05, 0) is 48.1 Å². The molecule has 2 aromatic rings. The molecule has 0 amide bonds. The lowest BCUT2D eigenvalue weighted by atomic mass is 9.89. The van der Waals surface area contributed by atoms with Gasteiger partial charge in [-0.15, -0.1) is 0 Å². The Labute approximate surface area is 143 Å². The first kappa shape index (κ1) is 15.3. The number of rotatable bonds is 4. The smallest absolute Gasteiger partial charge is 0.0930 e. The largest absolute Gasteiger partial charge is 0.365 e. The van der Waals surface area contributed by atoms with E-state index in [-0.39, 0.29) is 12.2 Å². The fourth-order valence-electron chi connectivity index (χ4n) is 2.93. The number of hydrogen-bond acceptors (Lipinski definition) is 1. The van der Waals surface area contributed by atoms with Crippen LogP contribution in [0.1, 0.15) is 41.7 Å². The molecule has 0 bridgehead atoms. The normalized spacial score (nSPS) is 19.0. The van der Waals surface area contributed by atoms with Gasteiger partial charge in [-0.25, -0.2) is 0 Å². The highest BCUT2D eigenvalue weighted by molar-refractivity contribution is 9.10. The Kier molecular flexibility index (Phi) is 5.15. The van der Waals surface area contributed by atoms with E-state index in [9.17, 15) is 0 Å². The summed E-state index contributed by atoms with van der Waals surface area (Å²) in [5, 5.41) is 0.813. The summed E-state index contributed by atoms with van der Waals surface area (Å²) in [5.41, 5.74) is 4.03. The highest BCUT2D eigenvalue weighted by atomic mass is 79.9. The number of hydrogen-bond donors (Lipinski definition) is 0. The SMILES string of the molecule is BrCC(OC1CCCc2ccccc21)c1ccc(Br)cc1. The summed E-state index contributed by atoms with van der Waals surface area (Å²) in [4.78, 5) is 0. The van der Waals surface area contributed by atoms with E-state index < -0.39 is 0 Å². The summed E-state index contributed by atoms with van der Waals surface area (Å²) in [6, 6.07) is 17.1. The first-order valence-electron chi connectivity index (χ1n) is 7.32. The van der Waals surface area contributed by atoms with Gasteiger partial charge in [0, 0.05) is 9.80 Å². The molecule has 110 valence electrons. The lowest BCUT2D eigenvalue weighted by molar-refractivity contribution is -0.0110. The minimum absolute atomic E-state index is 0.0919. The standard InChI is InChI=1S/C18H18Br2O/c19-12-18(14-8-10-15(20)11-9-14)21-17-7-3-5-13-4-1-2-6-16(13)17/h1-2,4,6,8-11,17-18H,3,5,7,12H2. The van der Waals surface area contributed by atoms with E-state index >= 15 is 0 Å². The molecule has 2 aromatic carbocycles. The predicted octanol–water partition coefficient (Wildman–Crippen LogP) is 5.98. The van der Waals surface area contributed by atoms with E-state index in [0.29, 0.717) is 0 Å². The van der Waals surface area contributed by atoms with Gasteiger partial charge >= 0.3 is 0 Å². The van der Waals surface area contributed by atoms with Crippen molar-refractivity contribution in [3.8, 4) is 0 Å². The molecule has 21 heavy (non-hydrogen) atoms. The zero-order chi connectivity index (χ0) is 14.7. The minimum atomic E-state index is 0.0919. The van der Waals surface area contributed by atoms with E-state index in [1.807, 2.05) is 0 Å². The summed E-state index contributed by atoms with van der Waals surface area (Å²) in [5.74, 6) is 0. The highest BCUT2D eigenvalue weighted by Gasteiger charge is 2.24. The molecule has 1 nitrogen and oxygen atoms in total. The van der Waals surface area contributed by atoms with Gasteiger partial charge in [-0.2, -0.15) is 0 Å². The van der Waals surface area contributed by atoms with Gasteiger partial charge < -0.3 is 4.74 Å². The Morgan fingerprint density at radius 1 is 1.10 bits per heavy atom. The molecule has 2 atom stereocenters.